The molecular formula is C25H36N4O3S. The average molecular weight is 473 g/mol. The molecule has 1 aromatic carbocycles. The molecule has 180 valence electrons. The standard InChI is InChI=1S/C25H36N4O3S/c1-18-9-10-20(25(2,3)4)17-22(18)33(31,32)28-15-12-19(13-16-28)24(30)27-23-11-14-26-29(23)21-7-5-6-8-21/h9-11,14,17,19,21H,5-8,12-13,15-16H2,1-4H3,(H,27,30). The summed E-state index contributed by atoms with van der Waals surface area (Å²) in [5, 5.41) is 7.47. The Hall–Kier alpha value is -2.19. The van der Waals surface area contributed by atoms with E-state index >= 15 is 0 Å². The van der Waals surface area contributed by atoms with Crippen LogP contribution < -0.4 is 5.32 Å². The Morgan fingerprint density at radius 3 is 2.36 bits per heavy atom. The average Bonchev–Trinajstić information content (AvgIpc) is 3.45. The fraction of sp³-hybridized carbons (Fsp3) is 0.600. The van der Waals surface area contributed by atoms with Gasteiger partial charge in [-0.25, -0.2) is 13.1 Å². The van der Waals surface area contributed by atoms with Gasteiger partial charge in [-0.2, -0.15) is 9.40 Å². The van der Waals surface area contributed by atoms with Crippen molar-refractivity contribution in [3.63, 3.8) is 0 Å². The summed E-state index contributed by atoms with van der Waals surface area (Å²) >= 11 is 0. The summed E-state index contributed by atoms with van der Waals surface area (Å²) in [5.74, 6) is 0.500. The van der Waals surface area contributed by atoms with Crippen LogP contribution in [0.2, 0.25) is 0 Å². The summed E-state index contributed by atoms with van der Waals surface area (Å²) in [6.07, 6.45) is 7.34. The molecule has 2 aromatic rings. The van der Waals surface area contributed by atoms with Crippen LogP contribution in [-0.4, -0.2) is 41.5 Å². The van der Waals surface area contributed by atoms with Crippen molar-refractivity contribution in [2.24, 2.45) is 5.92 Å². The van der Waals surface area contributed by atoms with Crippen molar-refractivity contribution in [1.29, 1.82) is 0 Å². The van der Waals surface area contributed by atoms with Gasteiger partial charge in [0.05, 0.1) is 17.1 Å². The lowest BCUT2D eigenvalue weighted by atomic mass is 9.87. The van der Waals surface area contributed by atoms with E-state index in [4.69, 9.17) is 0 Å². The largest absolute Gasteiger partial charge is 0.311 e. The lowest BCUT2D eigenvalue weighted by Crippen LogP contribution is -2.41. The van der Waals surface area contributed by atoms with Gasteiger partial charge in [0.15, 0.2) is 0 Å². The minimum atomic E-state index is -3.60. The maximum atomic E-state index is 13.4. The molecule has 33 heavy (non-hydrogen) atoms. The Labute approximate surface area is 197 Å². The van der Waals surface area contributed by atoms with Crippen LogP contribution in [-0.2, 0) is 20.2 Å². The number of rotatable bonds is 5. The van der Waals surface area contributed by atoms with Crippen LogP contribution in [0.15, 0.2) is 35.4 Å². The van der Waals surface area contributed by atoms with Crippen LogP contribution in [0.5, 0.6) is 0 Å². The number of amides is 1. The van der Waals surface area contributed by atoms with Crippen LogP contribution in [0.4, 0.5) is 5.82 Å². The van der Waals surface area contributed by atoms with Crippen molar-refractivity contribution in [2.75, 3.05) is 18.4 Å². The lowest BCUT2D eigenvalue weighted by Gasteiger charge is -2.31. The zero-order valence-electron chi connectivity index (χ0n) is 20.2. The van der Waals surface area contributed by atoms with Gasteiger partial charge in [-0.05, 0) is 55.2 Å². The number of aromatic nitrogens is 2. The predicted octanol–water partition coefficient (Wildman–Crippen LogP) is 4.64. The third kappa shape index (κ3) is 5.01. The minimum absolute atomic E-state index is 0.0438. The number of anilines is 1. The van der Waals surface area contributed by atoms with Crippen molar-refractivity contribution in [1.82, 2.24) is 14.1 Å². The highest BCUT2D eigenvalue weighted by Crippen LogP contribution is 2.33. The topological polar surface area (TPSA) is 84.3 Å². The first-order valence-corrected chi connectivity index (χ1v) is 13.5. The molecule has 1 N–H and O–H groups in total. The molecule has 2 heterocycles. The molecule has 0 atom stereocenters. The summed E-state index contributed by atoms with van der Waals surface area (Å²) in [6, 6.07) is 7.91. The second-order valence-electron chi connectivity index (χ2n) is 10.5. The minimum Gasteiger partial charge on any atom is -0.311 e. The van der Waals surface area contributed by atoms with Gasteiger partial charge in [-0.1, -0.05) is 45.7 Å². The second-order valence-corrected chi connectivity index (χ2v) is 12.4. The SMILES string of the molecule is Cc1ccc(C(C)(C)C)cc1S(=O)(=O)N1CCC(C(=O)Nc2ccnn2C2CCCC2)CC1. The fourth-order valence-electron chi connectivity index (χ4n) is 4.92. The highest BCUT2D eigenvalue weighted by molar-refractivity contribution is 7.89. The number of aryl methyl sites for hydroxylation is 1. The lowest BCUT2D eigenvalue weighted by molar-refractivity contribution is -0.121. The smallest absolute Gasteiger partial charge is 0.243 e. The number of benzene rings is 1. The molecule has 8 heteroatoms. The summed E-state index contributed by atoms with van der Waals surface area (Å²) in [7, 11) is -3.60. The van der Waals surface area contributed by atoms with Crippen molar-refractivity contribution in [3.05, 3.63) is 41.6 Å². The van der Waals surface area contributed by atoms with E-state index in [1.165, 1.54) is 17.1 Å². The monoisotopic (exact) mass is 472 g/mol. The Bertz CT molecular complexity index is 1100. The predicted molar refractivity (Wildman–Crippen MR) is 130 cm³/mol. The number of sulfonamides is 1. The first-order chi connectivity index (χ1) is 15.6. The van der Waals surface area contributed by atoms with Gasteiger partial charge < -0.3 is 5.32 Å². The van der Waals surface area contributed by atoms with Gasteiger partial charge in [-0.3, -0.25) is 4.79 Å². The second kappa shape index (κ2) is 9.22. The number of nitrogens with one attached hydrogen (secondary N) is 1. The molecule has 1 aliphatic heterocycles. The summed E-state index contributed by atoms with van der Waals surface area (Å²) in [5.41, 5.74) is 1.62. The Balaban J connectivity index is 1.42. The molecule has 0 unspecified atom stereocenters. The summed E-state index contributed by atoms with van der Waals surface area (Å²) in [4.78, 5) is 13.3. The molecular weight excluding hydrogens is 436 g/mol. The zero-order chi connectivity index (χ0) is 23.8. The zero-order valence-corrected chi connectivity index (χ0v) is 21.0. The third-order valence-electron chi connectivity index (χ3n) is 7.09. The van der Waals surface area contributed by atoms with E-state index in [2.05, 4.69) is 31.2 Å². The van der Waals surface area contributed by atoms with Crippen molar-refractivity contribution in [2.45, 2.75) is 82.6 Å². The highest BCUT2D eigenvalue weighted by Gasteiger charge is 2.34. The molecule has 1 aromatic heterocycles. The fourth-order valence-corrected chi connectivity index (χ4v) is 6.64. The van der Waals surface area contributed by atoms with Gasteiger partial charge in [0.1, 0.15) is 5.82 Å². The van der Waals surface area contributed by atoms with Crippen molar-refractivity contribution in [3.8, 4) is 0 Å². The molecule has 1 amide bonds. The van der Waals surface area contributed by atoms with Gasteiger partial charge >= 0.3 is 0 Å². The van der Waals surface area contributed by atoms with E-state index in [-0.39, 0.29) is 17.2 Å². The van der Waals surface area contributed by atoms with Crippen molar-refractivity contribution >= 4 is 21.7 Å². The molecule has 4 rings (SSSR count). The van der Waals surface area contributed by atoms with Crippen LogP contribution in [0.1, 0.15) is 76.5 Å². The Morgan fingerprint density at radius 1 is 1.06 bits per heavy atom. The molecule has 7 nitrogen and oxygen atoms in total. The Kier molecular flexibility index (Phi) is 6.69. The molecule has 0 bridgehead atoms. The van der Waals surface area contributed by atoms with E-state index in [1.54, 1.807) is 6.20 Å². The molecule has 2 aliphatic rings. The van der Waals surface area contributed by atoms with E-state index < -0.39 is 10.0 Å². The molecule has 2 fully saturated rings. The van der Waals surface area contributed by atoms with Crippen LogP contribution in [0.3, 0.4) is 0 Å². The summed E-state index contributed by atoms with van der Waals surface area (Å²) < 4.78 is 30.3. The molecule has 1 saturated heterocycles. The molecule has 0 radical (unpaired) electrons. The maximum Gasteiger partial charge on any atom is 0.243 e. The number of hydrogen-bond acceptors (Lipinski definition) is 4. The molecule has 1 aliphatic carbocycles. The third-order valence-corrected chi connectivity index (χ3v) is 9.13. The van der Waals surface area contributed by atoms with Crippen molar-refractivity contribution < 1.29 is 13.2 Å². The first-order valence-electron chi connectivity index (χ1n) is 12.0. The molecule has 0 spiro atoms. The first kappa shape index (κ1) is 24.0. The van der Waals surface area contributed by atoms with E-state index in [0.717, 1.165) is 29.8 Å². The quantitative estimate of drug-likeness (QED) is 0.687. The van der Waals surface area contributed by atoms with Gasteiger partial charge in [0, 0.05) is 25.1 Å². The number of hydrogen-bond donors (Lipinski definition) is 1. The van der Waals surface area contributed by atoms with Crippen LogP contribution in [0, 0.1) is 12.8 Å². The molecule has 1 saturated carbocycles. The Morgan fingerprint density at radius 2 is 1.73 bits per heavy atom. The highest BCUT2D eigenvalue weighted by atomic mass is 32.2. The van der Waals surface area contributed by atoms with Gasteiger partial charge in [0.2, 0.25) is 15.9 Å². The number of nitrogens with zero attached hydrogens (tertiary/aromatic N) is 3. The number of piperidine rings is 1. The number of carbonyl (C=O) groups is 1. The maximum absolute atomic E-state index is 13.4. The van der Waals surface area contributed by atoms with E-state index in [0.29, 0.717) is 36.9 Å². The summed E-state index contributed by atoms with van der Waals surface area (Å²) in [6.45, 7) is 8.78. The van der Waals surface area contributed by atoms with Gasteiger partial charge in [0.25, 0.3) is 0 Å². The van der Waals surface area contributed by atoms with Crippen LogP contribution >= 0.6 is 0 Å². The van der Waals surface area contributed by atoms with E-state index in [9.17, 15) is 13.2 Å². The van der Waals surface area contributed by atoms with Gasteiger partial charge in [-0.15, -0.1) is 0 Å². The van der Waals surface area contributed by atoms with E-state index in [1.807, 2.05) is 35.9 Å². The number of carbonyl (C=O) groups excluding carboxylic acids is 1. The van der Waals surface area contributed by atoms with Crippen LogP contribution in [0.25, 0.3) is 0 Å². The normalized spacial score (nSPS) is 19.2.